The Morgan fingerprint density at radius 3 is 2.55 bits per heavy atom. The van der Waals surface area contributed by atoms with Crippen LogP contribution in [0, 0.1) is 16.0 Å². The zero-order valence-corrected chi connectivity index (χ0v) is 13.3. The van der Waals surface area contributed by atoms with Gasteiger partial charge in [0.2, 0.25) is 0 Å². The number of anilines is 1. The van der Waals surface area contributed by atoms with E-state index in [1.807, 2.05) is 27.7 Å². The Labute approximate surface area is 129 Å². The van der Waals surface area contributed by atoms with Gasteiger partial charge >= 0.3 is 5.97 Å². The summed E-state index contributed by atoms with van der Waals surface area (Å²) >= 11 is 0. The van der Waals surface area contributed by atoms with Crippen molar-refractivity contribution in [3.8, 4) is 5.75 Å². The third kappa shape index (κ3) is 5.99. The summed E-state index contributed by atoms with van der Waals surface area (Å²) < 4.78 is 10.7. The summed E-state index contributed by atoms with van der Waals surface area (Å²) in [6.07, 6.45) is 0.236. The van der Waals surface area contributed by atoms with Gasteiger partial charge in [-0.05, 0) is 26.8 Å². The SMILES string of the molecule is C[C@H](COc1ccc([N+](=O)[O-])c(N)c1)CC(=O)OC(C)(C)C. The maximum atomic E-state index is 11.7. The lowest BCUT2D eigenvalue weighted by molar-refractivity contribution is -0.383. The largest absolute Gasteiger partial charge is 0.493 e. The fourth-order valence-electron chi connectivity index (χ4n) is 1.75. The monoisotopic (exact) mass is 310 g/mol. The summed E-state index contributed by atoms with van der Waals surface area (Å²) in [6, 6.07) is 4.18. The van der Waals surface area contributed by atoms with Crippen molar-refractivity contribution in [1.29, 1.82) is 0 Å². The van der Waals surface area contributed by atoms with Gasteiger partial charge in [0.1, 0.15) is 17.0 Å². The third-order valence-corrected chi connectivity index (χ3v) is 2.67. The zero-order chi connectivity index (χ0) is 16.9. The number of ether oxygens (including phenoxy) is 2. The lowest BCUT2D eigenvalue weighted by Gasteiger charge is -2.21. The van der Waals surface area contributed by atoms with Crippen LogP contribution >= 0.6 is 0 Å². The molecule has 1 aromatic carbocycles. The quantitative estimate of drug-likeness (QED) is 0.375. The van der Waals surface area contributed by atoms with Crippen LogP contribution in [0.25, 0.3) is 0 Å². The Morgan fingerprint density at radius 1 is 1.41 bits per heavy atom. The molecule has 0 radical (unpaired) electrons. The second-order valence-corrected chi connectivity index (χ2v) is 6.18. The molecule has 0 bridgehead atoms. The average molecular weight is 310 g/mol. The minimum atomic E-state index is -0.551. The van der Waals surface area contributed by atoms with E-state index >= 15 is 0 Å². The van der Waals surface area contributed by atoms with Gasteiger partial charge in [0, 0.05) is 18.1 Å². The van der Waals surface area contributed by atoms with E-state index in [1.54, 1.807) is 0 Å². The summed E-state index contributed by atoms with van der Waals surface area (Å²) in [5.74, 6) is 0.0946. The fourth-order valence-corrected chi connectivity index (χ4v) is 1.75. The summed E-state index contributed by atoms with van der Waals surface area (Å²) in [4.78, 5) is 21.8. The van der Waals surface area contributed by atoms with E-state index < -0.39 is 10.5 Å². The van der Waals surface area contributed by atoms with Crippen molar-refractivity contribution in [2.75, 3.05) is 12.3 Å². The Balaban J connectivity index is 2.51. The molecule has 0 saturated carbocycles. The van der Waals surface area contributed by atoms with E-state index in [0.717, 1.165) is 0 Å². The molecule has 1 atom stereocenters. The van der Waals surface area contributed by atoms with Crippen LogP contribution in [0.15, 0.2) is 18.2 Å². The van der Waals surface area contributed by atoms with Crippen molar-refractivity contribution in [1.82, 2.24) is 0 Å². The molecule has 122 valence electrons. The molecular formula is C15H22N2O5. The van der Waals surface area contributed by atoms with E-state index in [2.05, 4.69) is 0 Å². The highest BCUT2D eigenvalue weighted by atomic mass is 16.6. The number of nitrogen functional groups attached to an aromatic ring is 1. The molecule has 0 aliphatic carbocycles. The number of carbonyl (C=O) groups is 1. The first kappa shape index (κ1) is 17.7. The minimum Gasteiger partial charge on any atom is -0.493 e. The van der Waals surface area contributed by atoms with Crippen molar-refractivity contribution < 1.29 is 19.2 Å². The Kier molecular flexibility index (Phi) is 5.73. The number of benzene rings is 1. The molecule has 22 heavy (non-hydrogen) atoms. The minimum absolute atomic E-state index is 0.0438. The highest BCUT2D eigenvalue weighted by Gasteiger charge is 2.19. The maximum absolute atomic E-state index is 11.7. The second kappa shape index (κ2) is 7.11. The van der Waals surface area contributed by atoms with Gasteiger partial charge in [0.05, 0.1) is 18.0 Å². The van der Waals surface area contributed by atoms with E-state index in [-0.39, 0.29) is 36.3 Å². The lowest BCUT2D eigenvalue weighted by atomic mass is 10.1. The van der Waals surface area contributed by atoms with Crippen LogP contribution in [0.3, 0.4) is 0 Å². The zero-order valence-electron chi connectivity index (χ0n) is 13.3. The number of nitrogens with two attached hydrogens (primary N) is 1. The van der Waals surface area contributed by atoms with E-state index in [4.69, 9.17) is 15.2 Å². The molecule has 0 aliphatic heterocycles. The Hall–Kier alpha value is -2.31. The molecule has 7 nitrogen and oxygen atoms in total. The molecule has 0 aliphatic rings. The molecule has 1 rings (SSSR count). The maximum Gasteiger partial charge on any atom is 0.306 e. The van der Waals surface area contributed by atoms with Gasteiger partial charge in [-0.2, -0.15) is 0 Å². The van der Waals surface area contributed by atoms with Crippen molar-refractivity contribution in [3.05, 3.63) is 28.3 Å². The predicted octanol–water partition coefficient (Wildman–Crippen LogP) is 2.92. The number of carbonyl (C=O) groups excluding carboxylic acids is 1. The number of nitrogens with zero attached hydrogens (tertiary/aromatic N) is 1. The second-order valence-electron chi connectivity index (χ2n) is 6.18. The van der Waals surface area contributed by atoms with Crippen molar-refractivity contribution in [2.45, 2.75) is 39.7 Å². The van der Waals surface area contributed by atoms with Crippen LogP contribution in [0.2, 0.25) is 0 Å². The molecule has 0 heterocycles. The van der Waals surface area contributed by atoms with Gasteiger partial charge in [0.15, 0.2) is 0 Å². The van der Waals surface area contributed by atoms with Gasteiger partial charge in [-0.1, -0.05) is 6.92 Å². The molecule has 0 amide bonds. The van der Waals surface area contributed by atoms with Crippen LogP contribution in [-0.4, -0.2) is 23.1 Å². The topological polar surface area (TPSA) is 105 Å². The van der Waals surface area contributed by atoms with Crippen LogP contribution in [0.1, 0.15) is 34.1 Å². The van der Waals surface area contributed by atoms with Crippen molar-refractivity contribution >= 4 is 17.3 Å². The molecule has 2 N–H and O–H groups in total. The van der Waals surface area contributed by atoms with Gasteiger partial charge in [-0.3, -0.25) is 14.9 Å². The first-order chi connectivity index (χ1) is 10.1. The van der Waals surface area contributed by atoms with Crippen molar-refractivity contribution in [2.24, 2.45) is 5.92 Å². The molecule has 0 aromatic heterocycles. The van der Waals surface area contributed by atoms with Crippen molar-refractivity contribution in [3.63, 3.8) is 0 Å². The Bertz CT molecular complexity index is 551. The van der Waals surface area contributed by atoms with Crippen LogP contribution < -0.4 is 10.5 Å². The molecular weight excluding hydrogens is 288 g/mol. The molecule has 7 heteroatoms. The third-order valence-electron chi connectivity index (χ3n) is 2.67. The highest BCUT2D eigenvalue weighted by Crippen LogP contribution is 2.26. The molecule has 0 unspecified atom stereocenters. The number of nitro benzene ring substituents is 1. The fraction of sp³-hybridized carbons (Fsp3) is 0.533. The van der Waals surface area contributed by atoms with E-state index in [0.29, 0.717) is 5.75 Å². The van der Waals surface area contributed by atoms with Crippen LogP contribution in [0.5, 0.6) is 5.75 Å². The Morgan fingerprint density at radius 2 is 2.05 bits per heavy atom. The van der Waals surface area contributed by atoms with Gasteiger partial charge in [0.25, 0.3) is 5.69 Å². The number of esters is 1. The first-order valence-corrected chi connectivity index (χ1v) is 6.97. The summed E-state index contributed by atoms with van der Waals surface area (Å²) in [6.45, 7) is 7.58. The first-order valence-electron chi connectivity index (χ1n) is 6.97. The molecule has 0 saturated heterocycles. The molecule has 0 fully saturated rings. The highest BCUT2D eigenvalue weighted by molar-refractivity contribution is 5.70. The smallest absolute Gasteiger partial charge is 0.306 e. The van der Waals surface area contributed by atoms with Gasteiger partial charge in [-0.15, -0.1) is 0 Å². The summed E-state index contributed by atoms with van der Waals surface area (Å²) in [5.41, 5.74) is 4.96. The number of nitro groups is 1. The van der Waals surface area contributed by atoms with Crippen LogP contribution in [-0.2, 0) is 9.53 Å². The molecule has 0 spiro atoms. The van der Waals surface area contributed by atoms with Gasteiger partial charge < -0.3 is 15.2 Å². The van der Waals surface area contributed by atoms with E-state index in [9.17, 15) is 14.9 Å². The van der Waals surface area contributed by atoms with Gasteiger partial charge in [-0.25, -0.2) is 0 Å². The number of hydrogen-bond acceptors (Lipinski definition) is 6. The van der Waals surface area contributed by atoms with Crippen LogP contribution in [0.4, 0.5) is 11.4 Å². The predicted molar refractivity (Wildman–Crippen MR) is 82.6 cm³/mol. The lowest BCUT2D eigenvalue weighted by Crippen LogP contribution is -2.26. The number of hydrogen-bond donors (Lipinski definition) is 1. The summed E-state index contributed by atoms with van der Waals surface area (Å²) in [5, 5.41) is 10.7. The standard InChI is InChI=1S/C15H22N2O5/c1-10(7-14(18)22-15(2,3)4)9-21-11-5-6-13(17(19)20)12(16)8-11/h5-6,8,10H,7,9,16H2,1-4H3/t10-/m0/s1. The average Bonchev–Trinajstić information content (AvgIpc) is 2.33. The van der Waals surface area contributed by atoms with E-state index in [1.165, 1.54) is 18.2 Å². The summed E-state index contributed by atoms with van der Waals surface area (Å²) in [7, 11) is 0. The number of rotatable bonds is 6. The normalized spacial score (nSPS) is 12.5. The molecule has 1 aromatic rings.